The van der Waals surface area contributed by atoms with E-state index in [0.717, 1.165) is 0 Å². The van der Waals surface area contributed by atoms with E-state index in [1.165, 1.54) is 0 Å². The van der Waals surface area contributed by atoms with Crippen LogP contribution < -0.4 is 11.1 Å². The first kappa shape index (κ1) is 16.7. The van der Waals surface area contributed by atoms with E-state index in [2.05, 4.69) is 5.32 Å². The van der Waals surface area contributed by atoms with Gasteiger partial charge in [-0.3, -0.25) is 5.32 Å². The van der Waals surface area contributed by atoms with Crippen LogP contribution in [0, 0.1) is 0 Å². The topological polar surface area (TPSA) is 64.3 Å². The zero-order chi connectivity index (χ0) is 16.6. The van der Waals surface area contributed by atoms with Crippen molar-refractivity contribution in [3.05, 3.63) is 29.8 Å². The van der Waals surface area contributed by atoms with E-state index >= 15 is 0 Å². The Morgan fingerprint density at radius 2 is 1.91 bits per heavy atom. The second-order valence-electron chi connectivity index (χ2n) is 6.87. The molecule has 0 atom stereocenters. The summed E-state index contributed by atoms with van der Waals surface area (Å²) in [7, 11) is 0. The smallest absolute Gasteiger partial charge is 0.412 e. The highest BCUT2D eigenvalue weighted by Crippen LogP contribution is 2.54. The Morgan fingerprint density at radius 3 is 2.41 bits per heavy atom. The van der Waals surface area contributed by atoms with Gasteiger partial charge in [0.05, 0.1) is 0 Å². The van der Waals surface area contributed by atoms with Crippen molar-refractivity contribution in [2.24, 2.45) is 5.73 Å². The molecule has 0 spiro atoms. The van der Waals surface area contributed by atoms with Crippen LogP contribution in [0.1, 0.15) is 39.2 Å². The third-order valence-electron chi connectivity index (χ3n) is 3.72. The standard InChI is InChI=1S/C16H22F2N2O2/c1-14(2,3)22-13(21)20-12-7-5-4-6-11(12)15(10-19)8-16(17,18)9-15/h4-7H,8-10,19H2,1-3H3,(H,20,21). The lowest BCUT2D eigenvalue weighted by Crippen LogP contribution is -2.54. The summed E-state index contributed by atoms with van der Waals surface area (Å²) in [6, 6.07) is 6.89. The van der Waals surface area contributed by atoms with Crippen LogP contribution >= 0.6 is 0 Å². The quantitative estimate of drug-likeness (QED) is 0.895. The number of nitrogens with one attached hydrogen (secondary N) is 1. The fourth-order valence-corrected chi connectivity index (χ4v) is 2.85. The summed E-state index contributed by atoms with van der Waals surface area (Å²) >= 11 is 0. The van der Waals surface area contributed by atoms with Gasteiger partial charge >= 0.3 is 6.09 Å². The van der Waals surface area contributed by atoms with E-state index < -0.39 is 23.0 Å². The van der Waals surface area contributed by atoms with E-state index in [1.54, 1.807) is 45.0 Å². The minimum absolute atomic E-state index is 0.107. The predicted octanol–water partition coefficient (Wildman–Crippen LogP) is 3.66. The average Bonchev–Trinajstić information content (AvgIpc) is 2.33. The van der Waals surface area contributed by atoms with Crippen LogP contribution in [0.25, 0.3) is 0 Å². The zero-order valence-corrected chi connectivity index (χ0v) is 13.1. The molecule has 1 aromatic carbocycles. The lowest BCUT2D eigenvalue weighted by molar-refractivity contribution is -0.123. The lowest BCUT2D eigenvalue weighted by Gasteiger charge is -2.47. The van der Waals surface area contributed by atoms with Crippen molar-refractivity contribution in [1.82, 2.24) is 0 Å². The minimum atomic E-state index is -2.70. The van der Waals surface area contributed by atoms with Crippen molar-refractivity contribution < 1.29 is 18.3 Å². The third-order valence-corrected chi connectivity index (χ3v) is 3.72. The molecule has 1 aliphatic rings. The van der Waals surface area contributed by atoms with Gasteiger partial charge in [-0.05, 0) is 32.4 Å². The van der Waals surface area contributed by atoms with Gasteiger partial charge in [0, 0.05) is 30.5 Å². The number of rotatable bonds is 3. The van der Waals surface area contributed by atoms with Gasteiger partial charge < -0.3 is 10.5 Å². The van der Waals surface area contributed by atoms with Gasteiger partial charge in [0.1, 0.15) is 5.60 Å². The van der Waals surface area contributed by atoms with Gasteiger partial charge in [0.15, 0.2) is 0 Å². The number of alkyl halides is 2. The van der Waals surface area contributed by atoms with Gasteiger partial charge in [0.2, 0.25) is 5.92 Å². The molecule has 6 heteroatoms. The number of carbonyl (C=O) groups excluding carboxylic acids is 1. The average molecular weight is 312 g/mol. The van der Waals surface area contributed by atoms with Crippen LogP contribution in [0.3, 0.4) is 0 Å². The molecule has 0 saturated heterocycles. The molecule has 3 N–H and O–H groups in total. The number of benzene rings is 1. The summed E-state index contributed by atoms with van der Waals surface area (Å²) in [6.45, 7) is 5.38. The predicted molar refractivity (Wildman–Crippen MR) is 81.2 cm³/mol. The highest BCUT2D eigenvalue weighted by Gasteiger charge is 2.57. The van der Waals surface area contributed by atoms with E-state index in [1.807, 2.05) is 0 Å². The zero-order valence-electron chi connectivity index (χ0n) is 13.1. The minimum Gasteiger partial charge on any atom is -0.444 e. The second kappa shape index (κ2) is 5.50. The van der Waals surface area contributed by atoms with Crippen molar-refractivity contribution in [2.75, 3.05) is 11.9 Å². The van der Waals surface area contributed by atoms with Crippen molar-refractivity contribution in [2.45, 2.75) is 50.6 Å². The van der Waals surface area contributed by atoms with Crippen LogP contribution in [-0.4, -0.2) is 24.2 Å². The van der Waals surface area contributed by atoms with Crippen LogP contribution in [0.5, 0.6) is 0 Å². The Balaban J connectivity index is 2.22. The van der Waals surface area contributed by atoms with E-state index in [4.69, 9.17) is 10.5 Å². The van der Waals surface area contributed by atoms with Crippen molar-refractivity contribution >= 4 is 11.8 Å². The van der Waals surface area contributed by atoms with Gasteiger partial charge in [0.25, 0.3) is 0 Å². The van der Waals surface area contributed by atoms with Crippen molar-refractivity contribution in [3.8, 4) is 0 Å². The molecule has 1 aromatic rings. The molecule has 122 valence electrons. The normalized spacial score (nSPS) is 19.2. The van der Waals surface area contributed by atoms with Crippen LogP contribution in [0.2, 0.25) is 0 Å². The first-order valence-electron chi connectivity index (χ1n) is 7.24. The maximum atomic E-state index is 13.4. The maximum Gasteiger partial charge on any atom is 0.412 e. The van der Waals surface area contributed by atoms with Crippen LogP contribution in [0.4, 0.5) is 19.3 Å². The number of para-hydroxylation sites is 1. The van der Waals surface area contributed by atoms with E-state index in [0.29, 0.717) is 11.3 Å². The molecule has 0 unspecified atom stereocenters. The Hall–Kier alpha value is -1.69. The van der Waals surface area contributed by atoms with Gasteiger partial charge in [-0.2, -0.15) is 0 Å². The largest absolute Gasteiger partial charge is 0.444 e. The Labute approximate surface area is 129 Å². The van der Waals surface area contributed by atoms with Gasteiger partial charge in [-0.25, -0.2) is 13.6 Å². The molecule has 0 aromatic heterocycles. The molecule has 0 aliphatic heterocycles. The number of hydrogen-bond donors (Lipinski definition) is 2. The number of amides is 1. The first-order chi connectivity index (χ1) is 10.1. The SMILES string of the molecule is CC(C)(C)OC(=O)Nc1ccccc1C1(CN)CC(F)(F)C1. The number of hydrogen-bond acceptors (Lipinski definition) is 3. The number of carbonyl (C=O) groups is 1. The summed E-state index contributed by atoms with van der Waals surface area (Å²) in [5.41, 5.74) is 5.42. The molecule has 1 amide bonds. The number of nitrogens with two attached hydrogens (primary N) is 1. The second-order valence-corrected chi connectivity index (χ2v) is 6.87. The van der Waals surface area contributed by atoms with Gasteiger partial charge in [-0.15, -0.1) is 0 Å². The summed E-state index contributed by atoms with van der Waals surface area (Å²) in [5.74, 6) is -2.70. The molecule has 0 heterocycles. The van der Waals surface area contributed by atoms with Crippen LogP contribution in [-0.2, 0) is 10.2 Å². The molecule has 0 bridgehead atoms. The van der Waals surface area contributed by atoms with Gasteiger partial charge in [-0.1, -0.05) is 18.2 Å². The summed E-state index contributed by atoms with van der Waals surface area (Å²) < 4.78 is 31.9. The number of anilines is 1. The van der Waals surface area contributed by atoms with E-state index in [-0.39, 0.29) is 19.4 Å². The number of ether oxygens (including phenoxy) is 1. The third kappa shape index (κ3) is 3.55. The number of halogens is 2. The lowest BCUT2D eigenvalue weighted by atomic mass is 9.61. The van der Waals surface area contributed by atoms with Crippen molar-refractivity contribution in [3.63, 3.8) is 0 Å². The maximum absolute atomic E-state index is 13.4. The molecule has 2 rings (SSSR count). The molecular formula is C16H22F2N2O2. The Kier molecular flexibility index (Phi) is 4.17. The molecule has 1 fully saturated rings. The highest BCUT2D eigenvalue weighted by molar-refractivity contribution is 5.86. The Morgan fingerprint density at radius 1 is 1.32 bits per heavy atom. The fourth-order valence-electron chi connectivity index (χ4n) is 2.85. The summed E-state index contributed by atoms with van der Waals surface area (Å²) in [6.07, 6.45) is -1.22. The van der Waals surface area contributed by atoms with Crippen LogP contribution in [0.15, 0.2) is 24.3 Å². The fraction of sp³-hybridized carbons (Fsp3) is 0.562. The molecule has 0 radical (unpaired) electrons. The molecule has 4 nitrogen and oxygen atoms in total. The highest BCUT2D eigenvalue weighted by atomic mass is 19.3. The Bertz CT molecular complexity index is 560. The molecule has 22 heavy (non-hydrogen) atoms. The summed E-state index contributed by atoms with van der Waals surface area (Å²) in [5, 5.41) is 2.64. The molecule has 1 saturated carbocycles. The first-order valence-corrected chi connectivity index (χ1v) is 7.24. The van der Waals surface area contributed by atoms with Crippen molar-refractivity contribution in [1.29, 1.82) is 0 Å². The van der Waals surface area contributed by atoms with E-state index in [9.17, 15) is 13.6 Å². The monoisotopic (exact) mass is 312 g/mol. The summed E-state index contributed by atoms with van der Waals surface area (Å²) in [4.78, 5) is 11.9. The molecule has 1 aliphatic carbocycles. The molecular weight excluding hydrogens is 290 g/mol.